The van der Waals surface area contributed by atoms with Crippen LogP contribution < -0.4 is 16.0 Å². The van der Waals surface area contributed by atoms with E-state index in [1.807, 2.05) is 13.8 Å². The third-order valence-electron chi connectivity index (χ3n) is 3.20. The maximum Gasteiger partial charge on any atom is 0.331 e. The highest BCUT2D eigenvalue weighted by Crippen LogP contribution is 2.25. The summed E-state index contributed by atoms with van der Waals surface area (Å²) in [6.45, 7) is 3.34. The maximum atomic E-state index is 11.9. The normalized spacial score (nSPS) is 10.5. The van der Waals surface area contributed by atoms with Crippen molar-refractivity contribution < 1.29 is 9.53 Å². The molecule has 0 atom stereocenters. The molecular formula is C15H15ClN2O4. The average Bonchev–Trinajstić information content (AvgIpc) is 2.45. The minimum Gasteiger partial charge on any atom is -0.425 e. The van der Waals surface area contributed by atoms with Crippen molar-refractivity contribution in [2.24, 2.45) is 7.05 Å². The molecule has 6 nitrogen and oxygen atoms in total. The number of nitrogens with zero attached hydrogens (tertiary/aromatic N) is 2. The Labute approximate surface area is 131 Å². The molecule has 0 amide bonds. The summed E-state index contributed by atoms with van der Waals surface area (Å²) < 4.78 is 7.25. The van der Waals surface area contributed by atoms with Crippen molar-refractivity contribution in [2.75, 3.05) is 0 Å². The number of aryl methyl sites for hydroxylation is 2. The summed E-state index contributed by atoms with van der Waals surface area (Å²) in [6.07, 6.45) is 1.27. The van der Waals surface area contributed by atoms with E-state index in [0.717, 1.165) is 20.3 Å². The maximum absolute atomic E-state index is 11.9. The number of ether oxygens (including phenoxy) is 1. The number of hydrogen-bond acceptors (Lipinski definition) is 4. The lowest BCUT2D eigenvalue weighted by molar-refractivity contribution is -0.135. The second-order valence-corrected chi connectivity index (χ2v) is 5.35. The summed E-state index contributed by atoms with van der Waals surface area (Å²) >= 11 is 6.05. The number of carbonyl (C=O) groups is 1. The third-order valence-corrected chi connectivity index (χ3v) is 3.80. The van der Waals surface area contributed by atoms with Gasteiger partial charge in [-0.3, -0.25) is 13.9 Å². The second kappa shape index (κ2) is 6.19. The van der Waals surface area contributed by atoms with Gasteiger partial charge in [-0.05, 0) is 37.1 Å². The van der Waals surface area contributed by atoms with Gasteiger partial charge in [0, 0.05) is 24.3 Å². The second-order valence-electron chi connectivity index (χ2n) is 4.97. The average molecular weight is 323 g/mol. The van der Waals surface area contributed by atoms with Crippen LogP contribution in [0.4, 0.5) is 0 Å². The third kappa shape index (κ3) is 3.28. The van der Waals surface area contributed by atoms with Gasteiger partial charge in [-0.2, -0.15) is 0 Å². The van der Waals surface area contributed by atoms with E-state index in [1.54, 1.807) is 12.1 Å². The molecule has 0 aliphatic rings. The van der Waals surface area contributed by atoms with Crippen molar-refractivity contribution in [1.29, 1.82) is 0 Å². The van der Waals surface area contributed by atoms with Crippen LogP contribution in [-0.2, 0) is 18.4 Å². The van der Waals surface area contributed by atoms with E-state index in [2.05, 4.69) is 0 Å². The molecule has 1 aromatic carbocycles. The SMILES string of the molecule is Cc1cc(OC(=O)Cn2ccc(=O)n(C)c2=O)cc(C)c1Cl. The van der Waals surface area contributed by atoms with E-state index in [9.17, 15) is 14.4 Å². The smallest absolute Gasteiger partial charge is 0.331 e. The molecule has 0 saturated heterocycles. The van der Waals surface area contributed by atoms with Crippen LogP contribution in [0.2, 0.25) is 5.02 Å². The Kier molecular flexibility index (Phi) is 4.51. The molecule has 0 aliphatic heterocycles. The zero-order valence-electron chi connectivity index (χ0n) is 12.4. The zero-order chi connectivity index (χ0) is 16.4. The van der Waals surface area contributed by atoms with Crippen LogP contribution in [0, 0.1) is 13.8 Å². The Morgan fingerprint density at radius 1 is 1.23 bits per heavy atom. The first kappa shape index (κ1) is 16.0. The van der Waals surface area contributed by atoms with Gasteiger partial charge < -0.3 is 4.74 Å². The monoisotopic (exact) mass is 322 g/mol. The molecule has 0 bridgehead atoms. The van der Waals surface area contributed by atoms with Crippen molar-refractivity contribution in [3.05, 3.63) is 61.4 Å². The summed E-state index contributed by atoms with van der Waals surface area (Å²) in [6, 6.07) is 4.51. The molecule has 0 fully saturated rings. The summed E-state index contributed by atoms with van der Waals surface area (Å²) in [5.41, 5.74) is 0.582. The van der Waals surface area contributed by atoms with Crippen LogP contribution in [0.3, 0.4) is 0 Å². The first-order valence-corrected chi connectivity index (χ1v) is 6.91. The minimum absolute atomic E-state index is 0.284. The number of halogens is 1. The quantitative estimate of drug-likeness (QED) is 0.633. The number of hydrogen-bond donors (Lipinski definition) is 0. The Bertz CT molecular complexity index is 828. The molecule has 22 heavy (non-hydrogen) atoms. The van der Waals surface area contributed by atoms with Crippen molar-refractivity contribution in [3.8, 4) is 5.75 Å². The number of esters is 1. The first-order chi connectivity index (χ1) is 10.3. The molecular weight excluding hydrogens is 308 g/mol. The molecule has 1 heterocycles. The fraction of sp³-hybridized carbons (Fsp3) is 0.267. The number of rotatable bonds is 3. The van der Waals surface area contributed by atoms with E-state index >= 15 is 0 Å². The van der Waals surface area contributed by atoms with E-state index in [-0.39, 0.29) is 6.54 Å². The van der Waals surface area contributed by atoms with Gasteiger partial charge in [0.05, 0.1) is 0 Å². The van der Waals surface area contributed by atoms with Crippen molar-refractivity contribution >= 4 is 17.6 Å². The standard InChI is InChI=1S/C15H15ClN2O4/c1-9-6-11(7-10(2)14(9)16)22-13(20)8-18-5-4-12(19)17(3)15(18)21/h4-7H,8H2,1-3H3. The lowest BCUT2D eigenvalue weighted by Gasteiger charge is -2.10. The predicted octanol–water partition coefficient (Wildman–Crippen LogP) is 1.42. The zero-order valence-corrected chi connectivity index (χ0v) is 13.2. The predicted molar refractivity (Wildman–Crippen MR) is 82.5 cm³/mol. The molecule has 0 unspecified atom stereocenters. The van der Waals surface area contributed by atoms with Crippen molar-refractivity contribution in [1.82, 2.24) is 9.13 Å². The Morgan fingerprint density at radius 2 is 1.82 bits per heavy atom. The highest BCUT2D eigenvalue weighted by atomic mass is 35.5. The molecule has 0 N–H and O–H groups in total. The van der Waals surface area contributed by atoms with Gasteiger partial charge in [-0.1, -0.05) is 11.6 Å². The van der Waals surface area contributed by atoms with Gasteiger partial charge in [0.25, 0.3) is 5.56 Å². The molecule has 2 aromatic rings. The van der Waals surface area contributed by atoms with E-state index in [4.69, 9.17) is 16.3 Å². The Morgan fingerprint density at radius 3 is 2.41 bits per heavy atom. The molecule has 0 spiro atoms. The van der Waals surface area contributed by atoms with Crippen LogP contribution in [0.25, 0.3) is 0 Å². The van der Waals surface area contributed by atoms with Gasteiger partial charge in [0.15, 0.2) is 0 Å². The highest BCUT2D eigenvalue weighted by molar-refractivity contribution is 6.32. The fourth-order valence-electron chi connectivity index (χ4n) is 2.00. The minimum atomic E-state index is -0.609. The number of aromatic nitrogens is 2. The Hall–Kier alpha value is -2.34. The molecule has 0 radical (unpaired) electrons. The molecule has 2 rings (SSSR count). The van der Waals surface area contributed by atoms with E-state index in [0.29, 0.717) is 10.8 Å². The fourth-order valence-corrected chi connectivity index (χ4v) is 2.11. The van der Waals surface area contributed by atoms with Crippen LogP contribution in [0.5, 0.6) is 5.75 Å². The number of carbonyl (C=O) groups excluding carboxylic acids is 1. The van der Waals surface area contributed by atoms with Gasteiger partial charge in [0.1, 0.15) is 12.3 Å². The first-order valence-electron chi connectivity index (χ1n) is 6.53. The Balaban J connectivity index is 2.19. The molecule has 1 aromatic heterocycles. The largest absolute Gasteiger partial charge is 0.425 e. The summed E-state index contributed by atoms with van der Waals surface area (Å²) in [7, 11) is 1.35. The van der Waals surface area contributed by atoms with Gasteiger partial charge in [0.2, 0.25) is 0 Å². The number of benzene rings is 1. The van der Waals surface area contributed by atoms with Crippen molar-refractivity contribution in [2.45, 2.75) is 20.4 Å². The van der Waals surface area contributed by atoms with Crippen molar-refractivity contribution in [3.63, 3.8) is 0 Å². The summed E-state index contributed by atoms with van der Waals surface area (Å²) in [5, 5.41) is 0.620. The van der Waals surface area contributed by atoms with E-state index < -0.39 is 17.2 Å². The van der Waals surface area contributed by atoms with Crippen LogP contribution >= 0.6 is 11.6 Å². The summed E-state index contributed by atoms with van der Waals surface area (Å²) in [5.74, 6) is -0.246. The van der Waals surface area contributed by atoms with Gasteiger partial charge in [-0.25, -0.2) is 9.59 Å². The van der Waals surface area contributed by atoms with Crippen LogP contribution in [0.15, 0.2) is 34.0 Å². The lowest BCUT2D eigenvalue weighted by Crippen LogP contribution is -2.38. The topological polar surface area (TPSA) is 70.3 Å². The molecule has 116 valence electrons. The van der Waals surface area contributed by atoms with Gasteiger partial charge >= 0.3 is 11.7 Å². The van der Waals surface area contributed by atoms with Crippen LogP contribution in [0.1, 0.15) is 11.1 Å². The molecule has 0 saturated carbocycles. The highest BCUT2D eigenvalue weighted by Gasteiger charge is 2.11. The lowest BCUT2D eigenvalue weighted by atomic mass is 10.1. The van der Waals surface area contributed by atoms with E-state index in [1.165, 1.54) is 19.3 Å². The molecule has 0 aliphatic carbocycles. The molecule has 7 heteroatoms. The summed E-state index contributed by atoms with van der Waals surface area (Å²) in [4.78, 5) is 35.1. The van der Waals surface area contributed by atoms with Crippen LogP contribution in [-0.4, -0.2) is 15.1 Å². The van der Waals surface area contributed by atoms with Gasteiger partial charge in [-0.15, -0.1) is 0 Å².